The Balaban J connectivity index is 1.96. The van der Waals surface area contributed by atoms with E-state index in [0.29, 0.717) is 35.7 Å². The Labute approximate surface area is 260 Å². The maximum absolute atomic E-state index is 13.7. The second-order valence-electron chi connectivity index (χ2n) is 10.0. The Bertz CT molecular complexity index is 1270. The predicted octanol–water partition coefficient (Wildman–Crippen LogP) is 3.05. The molecule has 0 aromatic heterocycles. The Morgan fingerprint density at radius 1 is 1.07 bits per heavy atom. The van der Waals surface area contributed by atoms with Crippen LogP contribution in [-0.2, 0) is 20.8 Å². The smallest absolute Gasteiger partial charge is 0.247 e. The number of benzene rings is 2. The first-order valence-corrected chi connectivity index (χ1v) is 14.9. The number of hydrogen-bond donors (Lipinski definition) is 3. The van der Waals surface area contributed by atoms with Gasteiger partial charge in [0, 0.05) is 37.9 Å². The van der Waals surface area contributed by atoms with Crippen molar-refractivity contribution in [3.8, 4) is 17.2 Å². The van der Waals surface area contributed by atoms with Gasteiger partial charge in [0.2, 0.25) is 11.8 Å². The number of methoxy groups -OCH3 is 2. The van der Waals surface area contributed by atoms with E-state index in [9.17, 15) is 24.6 Å². The molecule has 0 radical (unpaired) electrons. The van der Waals surface area contributed by atoms with Crippen molar-refractivity contribution in [2.24, 2.45) is 0 Å². The van der Waals surface area contributed by atoms with Crippen LogP contribution in [0.2, 0.25) is 0 Å². The monoisotopic (exact) mass is 694 g/mol. The molecule has 0 spiro atoms. The van der Waals surface area contributed by atoms with E-state index in [1.54, 1.807) is 43.4 Å². The number of aliphatic hydroxyl groups is 2. The fraction of sp³-hybridized carbons (Fsp3) is 0.452. The van der Waals surface area contributed by atoms with Gasteiger partial charge >= 0.3 is 0 Å². The highest BCUT2D eigenvalue weighted by Gasteiger charge is 2.40. The summed E-state index contributed by atoms with van der Waals surface area (Å²) in [4.78, 5) is 39.9. The van der Waals surface area contributed by atoms with E-state index in [-0.39, 0.29) is 50.6 Å². The zero-order valence-corrected chi connectivity index (χ0v) is 26.3. The average molecular weight is 695 g/mol. The molecule has 0 bridgehead atoms. The first-order valence-electron chi connectivity index (χ1n) is 13.9. The van der Waals surface area contributed by atoms with Gasteiger partial charge in [0.1, 0.15) is 35.2 Å². The fourth-order valence-corrected chi connectivity index (χ4v) is 5.41. The number of rotatable bonds is 15. The highest BCUT2D eigenvalue weighted by Crippen LogP contribution is 2.31. The van der Waals surface area contributed by atoms with Gasteiger partial charge in [0.25, 0.3) is 0 Å². The topological polar surface area (TPSA) is 135 Å². The van der Waals surface area contributed by atoms with Crippen LogP contribution in [0.15, 0.2) is 54.1 Å². The molecular weight excluding hydrogens is 655 g/mol. The van der Waals surface area contributed by atoms with Crippen LogP contribution >= 0.6 is 22.6 Å². The minimum Gasteiger partial charge on any atom is -0.497 e. The van der Waals surface area contributed by atoms with Crippen molar-refractivity contribution in [2.45, 2.75) is 57.3 Å². The Morgan fingerprint density at radius 3 is 2.50 bits per heavy atom. The van der Waals surface area contributed by atoms with E-state index in [1.807, 2.05) is 24.3 Å². The maximum atomic E-state index is 13.7. The van der Waals surface area contributed by atoms with Gasteiger partial charge in [-0.2, -0.15) is 0 Å². The molecule has 2 amide bonds. The molecule has 1 aliphatic rings. The molecule has 0 aliphatic heterocycles. The van der Waals surface area contributed by atoms with Crippen LogP contribution in [0.1, 0.15) is 38.2 Å². The number of halogens is 1. The summed E-state index contributed by atoms with van der Waals surface area (Å²) in [5.41, 5.74) is 1.15. The molecule has 3 rings (SSSR count). The number of carbonyl (C=O) groups is 3. The first-order chi connectivity index (χ1) is 20.2. The van der Waals surface area contributed by atoms with E-state index in [2.05, 4.69) is 27.9 Å². The van der Waals surface area contributed by atoms with Crippen molar-refractivity contribution >= 4 is 40.2 Å². The van der Waals surface area contributed by atoms with Crippen molar-refractivity contribution in [2.75, 3.05) is 33.9 Å². The summed E-state index contributed by atoms with van der Waals surface area (Å²) in [5, 5.41) is 23.5. The number of nitrogens with one attached hydrogen (secondary N) is 1. The number of aliphatic hydroxyl groups excluding tert-OH is 2. The molecule has 3 unspecified atom stereocenters. The standard InChI is InChI=1S/C31H39IN2O8/c1-20(36)7-6-10-29(37)34(15-13-21-17-23(40-2)11-12-26(21)41-3)25-18-22(31(39)33-14-16-35)19-28(30(25)38)42-27-9-5-4-8-24(27)32/h4-5,8-9,11-12,17,19,25,28,30,35,38H,6-7,10,13-16,18H2,1-3H3,(H,33,39). The van der Waals surface area contributed by atoms with Crippen LogP contribution in [-0.4, -0.2) is 84.9 Å². The molecule has 42 heavy (non-hydrogen) atoms. The second-order valence-corrected chi connectivity index (χ2v) is 11.2. The summed E-state index contributed by atoms with van der Waals surface area (Å²) in [7, 11) is 3.13. The summed E-state index contributed by atoms with van der Waals surface area (Å²) in [6, 6.07) is 11.9. The average Bonchev–Trinajstić information content (AvgIpc) is 2.98. The third-order valence-corrected chi connectivity index (χ3v) is 7.96. The van der Waals surface area contributed by atoms with Gasteiger partial charge in [-0.05, 0) is 84.3 Å². The molecule has 0 saturated carbocycles. The SMILES string of the molecule is COc1ccc(OC)c(CCN(C(=O)CCCC(C)=O)C2CC(C(=O)NCCO)=CC(Oc3ccccc3I)C2O)c1. The highest BCUT2D eigenvalue weighted by molar-refractivity contribution is 14.1. The van der Waals surface area contributed by atoms with Crippen LogP contribution in [0.4, 0.5) is 0 Å². The molecule has 3 N–H and O–H groups in total. The van der Waals surface area contributed by atoms with E-state index in [4.69, 9.17) is 14.2 Å². The first kappa shape index (κ1) is 33.3. The van der Waals surface area contributed by atoms with Gasteiger partial charge in [0.05, 0.1) is 30.4 Å². The zero-order chi connectivity index (χ0) is 30.6. The van der Waals surface area contributed by atoms with Crippen molar-refractivity contribution in [3.05, 3.63) is 63.2 Å². The quantitative estimate of drug-likeness (QED) is 0.243. The summed E-state index contributed by atoms with van der Waals surface area (Å²) >= 11 is 2.13. The minimum atomic E-state index is -1.15. The molecule has 2 aromatic rings. The zero-order valence-electron chi connectivity index (χ0n) is 24.2. The van der Waals surface area contributed by atoms with E-state index < -0.39 is 24.2 Å². The number of ether oxygens (including phenoxy) is 3. The molecule has 228 valence electrons. The van der Waals surface area contributed by atoms with Gasteiger partial charge in [-0.25, -0.2) is 0 Å². The van der Waals surface area contributed by atoms with Gasteiger partial charge in [0.15, 0.2) is 0 Å². The van der Waals surface area contributed by atoms with Gasteiger partial charge < -0.3 is 39.4 Å². The van der Waals surface area contributed by atoms with Gasteiger partial charge in [-0.1, -0.05) is 12.1 Å². The molecule has 10 nitrogen and oxygen atoms in total. The second kappa shape index (κ2) is 16.5. The number of ketones is 1. The number of Topliss-reactive ketones (excluding diaryl/α,β-unsaturated/α-hetero) is 1. The molecule has 0 heterocycles. The van der Waals surface area contributed by atoms with Gasteiger partial charge in [-0.15, -0.1) is 0 Å². The Hall–Kier alpha value is -3.16. The van der Waals surface area contributed by atoms with E-state index in [1.165, 1.54) is 6.92 Å². The number of amides is 2. The molecule has 0 saturated heterocycles. The molecule has 1 aliphatic carbocycles. The lowest BCUT2D eigenvalue weighted by Crippen LogP contribution is -2.55. The minimum absolute atomic E-state index is 0.00938. The van der Waals surface area contributed by atoms with Crippen LogP contribution in [0.3, 0.4) is 0 Å². The Kier molecular flexibility index (Phi) is 13.1. The summed E-state index contributed by atoms with van der Waals surface area (Å²) in [5.74, 6) is 1.15. The largest absolute Gasteiger partial charge is 0.497 e. The lowest BCUT2D eigenvalue weighted by atomic mass is 9.87. The van der Waals surface area contributed by atoms with Crippen molar-refractivity contribution in [1.82, 2.24) is 10.2 Å². The number of para-hydroxylation sites is 1. The van der Waals surface area contributed by atoms with Crippen LogP contribution in [0, 0.1) is 3.57 Å². The lowest BCUT2D eigenvalue weighted by Gasteiger charge is -2.40. The third kappa shape index (κ3) is 9.17. The van der Waals surface area contributed by atoms with Crippen LogP contribution in [0.5, 0.6) is 17.2 Å². The van der Waals surface area contributed by atoms with Crippen molar-refractivity contribution in [3.63, 3.8) is 0 Å². The molecule has 11 heteroatoms. The molecule has 3 atom stereocenters. The number of hydrogen-bond acceptors (Lipinski definition) is 8. The molecule has 2 aromatic carbocycles. The summed E-state index contributed by atoms with van der Waals surface area (Å²) in [6.07, 6.45) is 0.725. The third-order valence-electron chi connectivity index (χ3n) is 7.06. The van der Waals surface area contributed by atoms with Crippen molar-refractivity contribution in [1.29, 1.82) is 0 Å². The number of nitrogens with zero attached hydrogens (tertiary/aromatic N) is 1. The summed E-state index contributed by atoms with van der Waals surface area (Å²) in [6.45, 7) is 1.54. The maximum Gasteiger partial charge on any atom is 0.247 e. The van der Waals surface area contributed by atoms with E-state index in [0.717, 1.165) is 9.13 Å². The normalized spacial score (nSPS) is 18.0. The van der Waals surface area contributed by atoms with Crippen LogP contribution in [0.25, 0.3) is 0 Å². The molecular formula is C31H39IN2O8. The van der Waals surface area contributed by atoms with Gasteiger partial charge in [-0.3, -0.25) is 9.59 Å². The van der Waals surface area contributed by atoms with E-state index >= 15 is 0 Å². The predicted molar refractivity (Wildman–Crippen MR) is 166 cm³/mol. The fourth-order valence-electron chi connectivity index (χ4n) is 4.89. The number of carbonyl (C=O) groups excluding carboxylic acids is 3. The highest BCUT2D eigenvalue weighted by atomic mass is 127. The lowest BCUT2D eigenvalue weighted by molar-refractivity contribution is -0.138. The van der Waals surface area contributed by atoms with Crippen LogP contribution < -0.4 is 19.5 Å². The Morgan fingerprint density at radius 2 is 1.83 bits per heavy atom. The molecule has 0 fully saturated rings. The summed E-state index contributed by atoms with van der Waals surface area (Å²) < 4.78 is 17.9. The van der Waals surface area contributed by atoms with Crippen molar-refractivity contribution < 1.29 is 38.8 Å².